The van der Waals surface area contributed by atoms with Gasteiger partial charge >= 0.3 is 0 Å². The Hall–Kier alpha value is -0.640. The molecule has 0 saturated carbocycles. The first-order valence-electron chi connectivity index (χ1n) is 3.32. The number of hydrogen-bond donors (Lipinski definition) is 0. The smallest absolute Gasteiger partial charge is 0.0509 e. The minimum atomic E-state index is 0.921. The van der Waals surface area contributed by atoms with Crippen molar-refractivity contribution in [3.05, 3.63) is 0 Å². The van der Waals surface area contributed by atoms with Gasteiger partial charge in [-0.1, -0.05) is 5.22 Å². The second kappa shape index (κ2) is 5.17. The molecule has 0 aromatic carbocycles. The van der Waals surface area contributed by atoms with Crippen molar-refractivity contribution < 1.29 is 0 Å². The predicted octanol–water partition coefficient (Wildman–Crippen LogP) is 0.477. The summed E-state index contributed by atoms with van der Waals surface area (Å²) in [5, 5.41) is 9.29. The second-order valence-electron chi connectivity index (χ2n) is 2.47. The first-order chi connectivity index (χ1) is 4.66. The third-order valence-electron chi connectivity index (χ3n) is 1.11. The lowest BCUT2D eigenvalue weighted by molar-refractivity contribution is 0.278. The van der Waals surface area contributed by atoms with Gasteiger partial charge in [-0.25, -0.2) is 0 Å². The van der Waals surface area contributed by atoms with E-state index in [-0.39, 0.29) is 0 Å². The Kier molecular flexibility index (Phi) is 4.84. The normalized spacial score (nSPS) is 11.3. The van der Waals surface area contributed by atoms with Crippen molar-refractivity contribution >= 4 is 0 Å². The molecule has 0 aliphatic carbocycles. The van der Waals surface area contributed by atoms with E-state index in [1.54, 1.807) is 7.05 Å². The highest BCUT2D eigenvalue weighted by molar-refractivity contribution is 4.46. The van der Waals surface area contributed by atoms with Gasteiger partial charge in [-0.3, -0.25) is 5.01 Å². The summed E-state index contributed by atoms with van der Waals surface area (Å²) in [5.41, 5.74) is 0. The summed E-state index contributed by atoms with van der Waals surface area (Å²) in [6.07, 6.45) is 0. The van der Waals surface area contributed by atoms with Gasteiger partial charge in [0.1, 0.15) is 0 Å². The van der Waals surface area contributed by atoms with E-state index in [2.05, 4.69) is 15.2 Å². The Morgan fingerprint density at radius 1 is 1.10 bits per heavy atom. The Morgan fingerprint density at radius 2 is 1.70 bits per heavy atom. The molecule has 0 unspecified atom stereocenters. The molecule has 4 nitrogen and oxygen atoms in total. The molecule has 10 heavy (non-hydrogen) atoms. The molecule has 0 rings (SSSR count). The molecule has 0 N–H and O–H groups in total. The maximum absolute atomic E-state index is 3.83. The quantitative estimate of drug-likeness (QED) is 0.424. The molecule has 0 amide bonds. The topological polar surface area (TPSA) is 31.2 Å². The zero-order chi connectivity index (χ0) is 7.98. The molecule has 4 heteroatoms. The number of likely N-dealkylation sites (N-methyl/N-ethyl adjacent to an activating group) is 2. The van der Waals surface area contributed by atoms with Gasteiger partial charge in [-0.2, -0.15) is 5.11 Å². The fraction of sp³-hybridized carbons (Fsp3) is 1.00. The first-order valence-corrected chi connectivity index (χ1v) is 3.32. The molecular weight excluding hydrogens is 128 g/mol. The summed E-state index contributed by atoms with van der Waals surface area (Å²) < 4.78 is 0. The van der Waals surface area contributed by atoms with Gasteiger partial charge in [0.05, 0.1) is 13.6 Å². The van der Waals surface area contributed by atoms with Crippen LogP contribution in [0.15, 0.2) is 10.3 Å². The van der Waals surface area contributed by atoms with Gasteiger partial charge in [0.15, 0.2) is 0 Å². The molecule has 60 valence electrons. The largest absolute Gasteiger partial charge is 0.308 e. The van der Waals surface area contributed by atoms with Crippen molar-refractivity contribution in [1.29, 1.82) is 0 Å². The fourth-order valence-electron chi connectivity index (χ4n) is 0.542. The zero-order valence-electron chi connectivity index (χ0n) is 7.20. The molecular formula is C6H16N4. The van der Waals surface area contributed by atoms with E-state index in [1.807, 2.05) is 26.2 Å². The highest BCUT2D eigenvalue weighted by Gasteiger charge is 1.92. The van der Waals surface area contributed by atoms with Crippen molar-refractivity contribution in [2.45, 2.75) is 0 Å². The fourth-order valence-corrected chi connectivity index (χ4v) is 0.542. The number of hydrogen-bond acceptors (Lipinski definition) is 3. The van der Waals surface area contributed by atoms with Crippen LogP contribution in [-0.2, 0) is 0 Å². The lowest BCUT2D eigenvalue weighted by Crippen LogP contribution is -2.24. The van der Waals surface area contributed by atoms with Gasteiger partial charge in [-0.15, -0.1) is 0 Å². The Bertz CT molecular complexity index is 99.9. The van der Waals surface area contributed by atoms with Gasteiger partial charge < -0.3 is 4.90 Å². The lowest BCUT2D eigenvalue weighted by atomic mass is 10.6. The van der Waals surface area contributed by atoms with E-state index in [1.165, 1.54) is 0 Å². The molecule has 0 aromatic rings. The molecule has 0 aromatic heterocycles. The number of nitrogens with zero attached hydrogens (tertiary/aromatic N) is 4. The van der Waals surface area contributed by atoms with Crippen LogP contribution in [-0.4, -0.2) is 51.2 Å². The van der Waals surface area contributed by atoms with Crippen LogP contribution in [0.5, 0.6) is 0 Å². The number of rotatable bonds is 4. The van der Waals surface area contributed by atoms with Crippen LogP contribution in [0.2, 0.25) is 0 Å². The van der Waals surface area contributed by atoms with Gasteiger partial charge in [0.2, 0.25) is 0 Å². The van der Waals surface area contributed by atoms with E-state index in [0.717, 1.165) is 13.1 Å². The molecule has 0 radical (unpaired) electrons. The third-order valence-corrected chi connectivity index (χ3v) is 1.11. The predicted molar refractivity (Wildman–Crippen MR) is 42.0 cm³/mol. The Labute approximate surface area is 62.5 Å². The van der Waals surface area contributed by atoms with Crippen molar-refractivity contribution in [3.63, 3.8) is 0 Å². The van der Waals surface area contributed by atoms with Crippen LogP contribution in [0.1, 0.15) is 0 Å². The maximum Gasteiger partial charge on any atom is 0.0509 e. The van der Waals surface area contributed by atoms with Gasteiger partial charge in [0.25, 0.3) is 0 Å². The molecule has 0 saturated heterocycles. The molecule has 0 heterocycles. The summed E-state index contributed by atoms with van der Waals surface area (Å²) in [5.74, 6) is 0. The van der Waals surface area contributed by atoms with Crippen LogP contribution in [0, 0.1) is 0 Å². The van der Waals surface area contributed by atoms with Crippen LogP contribution in [0.25, 0.3) is 0 Å². The minimum absolute atomic E-state index is 0.921. The third kappa shape index (κ3) is 5.50. The van der Waals surface area contributed by atoms with Crippen LogP contribution in [0.4, 0.5) is 0 Å². The average Bonchev–Trinajstić information content (AvgIpc) is 1.85. The summed E-state index contributed by atoms with van der Waals surface area (Å²) >= 11 is 0. The van der Waals surface area contributed by atoms with Crippen molar-refractivity contribution in [1.82, 2.24) is 9.91 Å². The maximum atomic E-state index is 3.83. The van der Waals surface area contributed by atoms with Crippen molar-refractivity contribution in [2.24, 2.45) is 10.3 Å². The van der Waals surface area contributed by atoms with Gasteiger partial charge in [0, 0.05) is 13.6 Å². The highest BCUT2D eigenvalue weighted by atomic mass is 15.5. The zero-order valence-corrected chi connectivity index (χ0v) is 7.20. The first kappa shape index (κ1) is 9.36. The Balaban J connectivity index is 3.30. The summed E-state index contributed by atoms with van der Waals surface area (Å²) in [4.78, 5) is 2.11. The SMILES string of the molecule is C/N=N\N(C)CCN(C)C. The van der Waals surface area contributed by atoms with Crippen molar-refractivity contribution in [3.8, 4) is 0 Å². The molecule has 0 fully saturated rings. The molecule has 0 aliphatic rings. The molecule has 0 atom stereocenters. The lowest BCUT2D eigenvalue weighted by Gasteiger charge is -2.14. The molecule has 0 spiro atoms. The Morgan fingerprint density at radius 3 is 2.10 bits per heavy atom. The van der Waals surface area contributed by atoms with Gasteiger partial charge in [-0.05, 0) is 14.1 Å². The molecule has 0 bridgehead atoms. The summed E-state index contributed by atoms with van der Waals surface area (Å²) in [6.45, 7) is 1.93. The summed E-state index contributed by atoms with van der Waals surface area (Å²) in [6, 6.07) is 0. The van der Waals surface area contributed by atoms with Crippen LogP contribution < -0.4 is 0 Å². The minimum Gasteiger partial charge on any atom is -0.308 e. The van der Waals surface area contributed by atoms with E-state index in [0.29, 0.717) is 0 Å². The molecule has 0 aliphatic heterocycles. The van der Waals surface area contributed by atoms with E-state index < -0.39 is 0 Å². The van der Waals surface area contributed by atoms with E-state index in [4.69, 9.17) is 0 Å². The van der Waals surface area contributed by atoms with E-state index >= 15 is 0 Å². The average molecular weight is 144 g/mol. The second-order valence-corrected chi connectivity index (χ2v) is 2.47. The van der Waals surface area contributed by atoms with Crippen LogP contribution >= 0.6 is 0 Å². The van der Waals surface area contributed by atoms with Crippen LogP contribution in [0.3, 0.4) is 0 Å². The highest BCUT2D eigenvalue weighted by Crippen LogP contribution is 1.84. The standard InChI is InChI=1S/C6H16N4/c1-7-8-10(4)6-5-9(2)3/h5-6H2,1-4H3/b8-7-. The summed E-state index contributed by atoms with van der Waals surface area (Å²) in [7, 11) is 7.66. The van der Waals surface area contributed by atoms with E-state index in [9.17, 15) is 0 Å². The van der Waals surface area contributed by atoms with Crippen molar-refractivity contribution in [2.75, 3.05) is 41.3 Å². The monoisotopic (exact) mass is 144 g/mol.